The fraction of sp³-hybridized carbons (Fsp3) is 0.500. The lowest BCUT2D eigenvalue weighted by Gasteiger charge is -2.23. The van der Waals surface area contributed by atoms with Gasteiger partial charge < -0.3 is 20.5 Å². The Labute approximate surface area is 113 Å². The minimum absolute atomic E-state index is 0.00892. The van der Waals surface area contributed by atoms with E-state index in [0.29, 0.717) is 24.7 Å². The van der Waals surface area contributed by atoms with Crippen LogP contribution in [0.3, 0.4) is 0 Å². The van der Waals surface area contributed by atoms with E-state index >= 15 is 0 Å². The van der Waals surface area contributed by atoms with Crippen LogP contribution in [0.25, 0.3) is 0 Å². The first-order chi connectivity index (χ1) is 9.15. The second kappa shape index (κ2) is 6.43. The van der Waals surface area contributed by atoms with Crippen molar-refractivity contribution in [3.63, 3.8) is 0 Å². The summed E-state index contributed by atoms with van der Waals surface area (Å²) in [6.45, 7) is 3.35. The van der Waals surface area contributed by atoms with Crippen molar-refractivity contribution in [1.29, 1.82) is 0 Å². The summed E-state index contributed by atoms with van der Waals surface area (Å²) in [6, 6.07) is 5.71. The van der Waals surface area contributed by atoms with Gasteiger partial charge in [0.25, 0.3) is 5.91 Å². The van der Waals surface area contributed by atoms with Gasteiger partial charge in [-0.2, -0.15) is 0 Å². The summed E-state index contributed by atoms with van der Waals surface area (Å²) >= 11 is 0. The molecule has 0 saturated carbocycles. The third-order valence-electron chi connectivity index (χ3n) is 3.11. The number of nitrogens with two attached hydrogens (primary N) is 1. The van der Waals surface area contributed by atoms with Crippen molar-refractivity contribution >= 4 is 11.6 Å². The molecular weight excluding hydrogens is 244 g/mol. The van der Waals surface area contributed by atoms with E-state index in [1.165, 1.54) is 0 Å². The Balaban J connectivity index is 1.81. The molecule has 0 atom stereocenters. The summed E-state index contributed by atoms with van der Waals surface area (Å²) in [5, 5.41) is 2.94. The van der Waals surface area contributed by atoms with E-state index in [0.717, 1.165) is 18.4 Å². The second-order valence-electron chi connectivity index (χ2n) is 4.78. The number of benzene rings is 1. The third kappa shape index (κ3) is 4.13. The van der Waals surface area contributed by atoms with Crippen LogP contribution in [-0.4, -0.2) is 31.8 Å². The quantitative estimate of drug-likeness (QED) is 0.803. The minimum atomic E-state index is -0.118. The van der Waals surface area contributed by atoms with Gasteiger partial charge in [-0.15, -0.1) is 0 Å². The zero-order valence-electron chi connectivity index (χ0n) is 11.1. The van der Waals surface area contributed by atoms with Crippen LogP contribution in [-0.2, 0) is 9.53 Å². The monoisotopic (exact) mass is 264 g/mol. The van der Waals surface area contributed by atoms with Crippen LogP contribution in [0, 0.1) is 6.92 Å². The minimum Gasteiger partial charge on any atom is -0.482 e. The van der Waals surface area contributed by atoms with E-state index in [-0.39, 0.29) is 18.6 Å². The molecule has 0 aliphatic carbocycles. The molecule has 104 valence electrons. The predicted molar refractivity (Wildman–Crippen MR) is 73.1 cm³/mol. The number of anilines is 1. The van der Waals surface area contributed by atoms with Crippen LogP contribution in [0.2, 0.25) is 0 Å². The van der Waals surface area contributed by atoms with Gasteiger partial charge in [0.15, 0.2) is 6.61 Å². The summed E-state index contributed by atoms with van der Waals surface area (Å²) in [7, 11) is 0. The molecule has 0 bridgehead atoms. The third-order valence-corrected chi connectivity index (χ3v) is 3.11. The zero-order valence-corrected chi connectivity index (χ0v) is 11.1. The molecule has 1 saturated heterocycles. The largest absolute Gasteiger partial charge is 0.482 e. The van der Waals surface area contributed by atoms with Crippen molar-refractivity contribution in [3.8, 4) is 5.75 Å². The highest BCUT2D eigenvalue weighted by atomic mass is 16.5. The Bertz CT molecular complexity index is 442. The van der Waals surface area contributed by atoms with Gasteiger partial charge in [-0.25, -0.2) is 0 Å². The van der Waals surface area contributed by atoms with E-state index in [1.807, 2.05) is 19.1 Å². The van der Waals surface area contributed by atoms with Crippen molar-refractivity contribution < 1.29 is 14.3 Å². The van der Waals surface area contributed by atoms with Gasteiger partial charge in [0, 0.05) is 19.3 Å². The van der Waals surface area contributed by atoms with Crippen molar-refractivity contribution in [3.05, 3.63) is 23.8 Å². The molecular formula is C14H20N2O3. The lowest BCUT2D eigenvalue weighted by molar-refractivity contribution is -0.124. The number of hydrogen-bond acceptors (Lipinski definition) is 4. The number of carbonyl (C=O) groups excluding carboxylic acids is 1. The molecule has 0 spiro atoms. The first-order valence-electron chi connectivity index (χ1n) is 6.51. The summed E-state index contributed by atoms with van der Waals surface area (Å²) in [6.07, 6.45) is 1.72. The van der Waals surface area contributed by atoms with Gasteiger partial charge in [0.1, 0.15) is 5.75 Å². The fourth-order valence-electron chi connectivity index (χ4n) is 2.02. The van der Waals surface area contributed by atoms with Gasteiger partial charge in [0.05, 0.1) is 5.69 Å². The number of amides is 1. The van der Waals surface area contributed by atoms with E-state index < -0.39 is 0 Å². The Morgan fingerprint density at radius 1 is 1.47 bits per heavy atom. The van der Waals surface area contributed by atoms with Crippen molar-refractivity contribution in [2.24, 2.45) is 0 Å². The average Bonchev–Trinajstić information content (AvgIpc) is 2.41. The number of carbonyl (C=O) groups is 1. The highest BCUT2D eigenvalue weighted by molar-refractivity contribution is 5.78. The van der Waals surface area contributed by atoms with Gasteiger partial charge >= 0.3 is 0 Å². The van der Waals surface area contributed by atoms with Crippen LogP contribution < -0.4 is 15.8 Å². The smallest absolute Gasteiger partial charge is 0.258 e. The Hall–Kier alpha value is -1.75. The van der Waals surface area contributed by atoms with Crippen LogP contribution in [0.5, 0.6) is 5.75 Å². The lowest BCUT2D eigenvalue weighted by atomic mass is 10.1. The maximum atomic E-state index is 11.8. The standard InChI is InChI=1S/C14H20N2O3/c1-10-2-3-12(15)13(8-10)19-9-14(17)16-11-4-6-18-7-5-11/h2-3,8,11H,4-7,9,15H2,1H3,(H,16,17). The molecule has 1 aliphatic rings. The van der Waals surface area contributed by atoms with Crippen LogP contribution >= 0.6 is 0 Å². The number of rotatable bonds is 4. The van der Waals surface area contributed by atoms with Crippen LogP contribution in [0.4, 0.5) is 5.69 Å². The summed E-state index contributed by atoms with van der Waals surface area (Å²) in [5.41, 5.74) is 7.38. The summed E-state index contributed by atoms with van der Waals surface area (Å²) in [5.74, 6) is 0.440. The Kier molecular flexibility index (Phi) is 4.63. The van der Waals surface area contributed by atoms with Crippen LogP contribution in [0.15, 0.2) is 18.2 Å². The Morgan fingerprint density at radius 2 is 2.21 bits per heavy atom. The molecule has 0 radical (unpaired) electrons. The SMILES string of the molecule is Cc1ccc(N)c(OCC(=O)NC2CCOCC2)c1. The number of ether oxygens (including phenoxy) is 2. The highest BCUT2D eigenvalue weighted by Crippen LogP contribution is 2.22. The normalized spacial score (nSPS) is 16.1. The number of hydrogen-bond donors (Lipinski definition) is 2. The van der Waals surface area contributed by atoms with Gasteiger partial charge in [-0.1, -0.05) is 6.07 Å². The molecule has 1 amide bonds. The molecule has 1 aliphatic heterocycles. The fourth-order valence-corrected chi connectivity index (χ4v) is 2.02. The molecule has 5 nitrogen and oxygen atoms in total. The first kappa shape index (κ1) is 13.7. The maximum absolute atomic E-state index is 11.8. The molecule has 1 fully saturated rings. The maximum Gasteiger partial charge on any atom is 0.258 e. The van der Waals surface area contributed by atoms with E-state index in [1.54, 1.807) is 6.07 Å². The Morgan fingerprint density at radius 3 is 2.95 bits per heavy atom. The number of aryl methyl sites for hydroxylation is 1. The summed E-state index contributed by atoms with van der Waals surface area (Å²) < 4.78 is 10.7. The van der Waals surface area contributed by atoms with Gasteiger partial charge in [-0.05, 0) is 37.5 Å². The molecule has 0 aromatic heterocycles. The number of nitrogens with one attached hydrogen (secondary N) is 1. The number of nitrogen functional groups attached to an aromatic ring is 1. The molecule has 5 heteroatoms. The molecule has 1 aromatic rings. The van der Waals surface area contributed by atoms with E-state index in [9.17, 15) is 4.79 Å². The van der Waals surface area contributed by atoms with Crippen LogP contribution in [0.1, 0.15) is 18.4 Å². The van der Waals surface area contributed by atoms with E-state index in [4.69, 9.17) is 15.2 Å². The van der Waals surface area contributed by atoms with Gasteiger partial charge in [-0.3, -0.25) is 4.79 Å². The van der Waals surface area contributed by atoms with E-state index in [2.05, 4.69) is 5.32 Å². The molecule has 2 rings (SSSR count). The topological polar surface area (TPSA) is 73.6 Å². The average molecular weight is 264 g/mol. The van der Waals surface area contributed by atoms with Gasteiger partial charge in [0.2, 0.25) is 0 Å². The second-order valence-corrected chi connectivity index (χ2v) is 4.78. The van der Waals surface area contributed by atoms with Crippen molar-refractivity contribution in [2.75, 3.05) is 25.6 Å². The zero-order chi connectivity index (χ0) is 13.7. The molecule has 3 N–H and O–H groups in total. The first-order valence-corrected chi connectivity index (χ1v) is 6.51. The molecule has 0 unspecified atom stereocenters. The highest BCUT2D eigenvalue weighted by Gasteiger charge is 2.16. The molecule has 1 heterocycles. The predicted octanol–water partition coefficient (Wildman–Crippen LogP) is 1.25. The van der Waals surface area contributed by atoms with Crippen molar-refractivity contribution in [1.82, 2.24) is 5.32 Å². The molecule has 19 heavy (non-hydrogen) atoms. The molecule has 1 aromatic carbocycles. The summed E-state index contributed by atoms with van der Waals surface area (Å²) in [4.78, 5) is 11.8. The van der Waals surface area contributed by atoms with Crippen molar-refractivity contribution in [2.45, 2.75) is 25.8 Å². The lowest BCUT2D eigenvalue weighted by Crippen LogP contribution is -2.41.